The van der Waals surface area contributed by atoms with Crippen molar-refractivity contribution in [3.05, 3.63) is 107 Å². The predicted molar refractivity (Wildman–Crippen MR) is 153 cm³/mol. The lowest BCUT2D eigenvalue weighted by molar-refractivity contribution is -0.114. The molecule has 6 nitrogen and oxygen atoms in total. The Balaban J connectivity index is 0.00000336. The summed E-state index contributed by atoms with van der Waals surface area (Å²) in [6.45, 7) is 5.95. The maximum absolute atomic E-state index is 13.8. The van der Waals surface area contributed by atoms with Crippen LogP contribution < -0.4 is 22.6 Å². The monoisotopic (exact) mass is 567 g/mol. The molecule has 198 valence electrons. The van der Waals surface area contributed by atoms with E-state index in [0.717, 1.165) is 11.3 Å². The van der Waals surface area contributed by atoms with Crippen molar-refractivity contribution in [2.75, 3.05) is 16.0 Å². The minimum Gasteiger partial charge on any atom is -1.00 e. The Bertz CT molecular complexity index is 1350. The molecule has 1 amide bonds. The third-order valence-corrected chi connectivity index (χ3v) is 7.90. The van der Waals surface area contributed by atoms with Gasteiger partial charge in [-0.1, -0.05) is 71.9 Å². The molecule has 0 spiro atoms. The van der Waals surface area contributed by atoms with Crippen LogP contribution in [-0.4, -0.2) is 38.7 Å². The van der Waals surface area contributed by atoms with Crippen molar-refractivity contribution in [2.24, 2.45) is 4.99 Å². The summed E-state index contributed by atoms with van der Waals surface area (Å²) >= 11 is 7.72. The summed E-state index contributed by atoms with van der Waals surface area (Å²) in [5.41, 5.74) is 3.52. The molecule has 0 aromatic heterocycles. The van der Waals surface area contributed by atoms with E-state index in [4.69, 9.17) is 16.6 Å². The first kappa shape index (κ1) is 28.0. The van der Waals surface area contributed by atoms with Crippen molar-refractivity contribution in [2.45, 2.75) is 38.7 Å². The number of aliphatic imine (C=N–C) groups is 1. The van der Waals surface area contributed by atoms with Gasteiger partial charge in [-0.25, -0.2) is 4.99 Å². The fourth-order valence-electron chi connectivity index (χ4n) is 5.05. The lowest BCUT2D eigenvalue weighted by Gasteiger charge is -2.50. The van der Waals surface area contributed by atoms with Crippen LogP contribution in [0.4, 0.5) is 11.4 Å². The fraction of sp³-hybridized carbons (Fsp3) is 0.241. The second-order valence-corrected chi connectivity index (χ2v) is 10.8. The van der Waals surface area contributed by atoms with Crippen molar-refractivity contribution in [1.82, 2.24) is 4.90 Å². The third kappa shape index (κ3) is 5.16. The highest BCUT2D eigenvalue weighted by atomic mass is 35.5. The van der Waals surface area contributed by atoms with Gasteiger partial charge in [0.1, 0.15) is 0 Å². The largest absolute Gasteiger partial charge is 1.00 e. The van der Waals surface area contributed by atoms with E-state index in [0.29, 0.717) is 32.9 Å². The number of benzene rings is 3. The van der Waals surface area contributed by atoms with E-state index in [1.54, 1.807) is 0 Å². The number of carbonyl (C=O) groups is 1. The number of thioether (sulfide) groups is 1. The maximum atomic E-state index is 13.8. The second-order valence-electron chi connectivity index (χ2n) is 9.40. The number of fused-ring (bicyclic) bond motifs is 1. The van der Waals surface area contributed by atoms with Crippen LogP contribution in [0.15, 0.2) is 101 Å². The summed E-state index contributed by atoms with van der Waals surface area (Å²) in [6, 6.07) is 26.0. The quantitative estimate of drug-likeness (QED) is 0.447. The molecule has 2 aliphatic heterocycles. The first-order valence-corrected chi connectivity index (χ1v) is 13.6. The number of allylic oxidation sites excluding steroid dienone is 1. The summed E-state index contributed by atoms with van der Waals surface area (Å²) in [6.07, 6.45) is 0. The van der Waals surface area contributed by atoms with Crippen LogP contribution >= 0.6 is 23.4 Å². The highest BCUT2D eigenvalue weighted by Crippen LogP contribution is 2.49. The minimum atomic E-state index is -1.44. The number of amides is 1. The van der Waals surface area contributed by atoms with Crippen LogP contribution in [0, 0.1) is 0 Å². The van der Waals surface area contributed by atoms with Crippen LogP contribution in [0.25, 0.3) is 0 Å². The first-order valence-electron chi connectivity index (χ1n) is 12.2. The number of carbonyl (C=O) groups excluding carboxylic acids is 1. The van der Waals surface area contributed by atoms with Crippen molar-refractivity contribution in [3.63, 3.8) is 0 Å². The predicted octanol–water partition coefficient (Wildman–Crippen LogP) is 3.28. The molecule has 3 aromatic rings. The Morgan fingerprint density at radius 3 is 2.29 bits per heavy atom. The van der Waals surface area contributed by atoms with E-state index >= 15 is 0 Å². The Morgan fingerprint density at radius 2 is 1.68 bits per heavy atom. The van der Waals surface area contributed by atoms with E-state index in [2.05, 4.69) is 19.2 Å². The Labute approximate surface area is 238 Å². The number of nitrogens with one attached hydrogen (secondary N) is 1. The molecular weight excluding hydrogens is 539 g/mol. The molecule has 0 saturated carbocycles. The Morgan fingerprint density at radius 1 is 1.08 bits per heavy atom. The molecule has 38 heavy (non-hydrogen) atoms. The van der Waals surface area contributed by atoms with Crippen LogP contribution in [0.2, 0.25) is 5.02 Å². The zero-order valence-electron chi connectivity index (χ0n) is 21.3. The number of rotatable bonds is 6. The van der Waals surface area contributed by atoms with E-state index in [1.807, 2.05) is 102 Å². The van der Waals surface area contributed by atoms with E-state index in [-0.39, 0.29) is 24.4 Å². The van der Waals surface area contributed by atoms with Gasteiger partial charge in [0.2, 0.25) is 5.85 Å². The molecule has 1 fully saturated rings. The zero-order valence-corrected chi connectivity index (χ0v) is 23.6. The van der Waals surface area contributed by atoms with Crippen LogP contribution in [0.5, 0.6) is 0 Å². The average molecular weight is 569 g/mol. The SMILES string of the molecule is CC1=C(C(=O)Nc2ccccc2)C(c2ccc(Cl)cc2)N2C(=N1)SCC2(O)N(c1ccccc1)C(C)C.[Cl-]. The maximum Gasteiger partial charge on any atom is 0.255 e. The summed E-state index contributed by atoms with van der Waals surface area (Å²) in [4.78, 5) is 22.5. The van der Waals surface area contributed by atoms with Crippen LogP contribution in [0.3, 0.4) is 0 Å². The average Bonchev–Trinajstić information content (AvgIpc) is 3.21. The van der Waals surface area contributed by atoms with Crippen molar-refractivity contribution in [1.29, 1.82) is 0 Å². The number of hydrogen-bond acceptors (Lipinski definition) is 6. The fourth-order valence-corrected chi connectivity index (χ4v) is 6.37. The molecule has 2 heterocycles. The summed E-state index contributed by atoms with van der Waals surface area (Å²) < 4.78 is 0. The molecule has 0 bridgehead atoms. The zero-order chi connectivity index (χ0) is 26.2. The Hall–Kier alpha value is -2.97. The smallest absolute Gasteiger partial charge is 0.255 e. The van der Waals surface area contributed by atoms with Gasteiger partial charge in [-0.15, -0.1) is 0 Å². The van der Waals surface area contributed by atoms with Gasteiger partial charge in [0.25, 0.3) is 5.91 Å². The second kappa shape index (κ2) is 11.4. The minimum absolute atomic E-state index is 0. The standard InChI is InChI=1S/C29H29ClN4O2S.ClH/c1-19(2)33(24-12-8-5-9-13-24)29(36)18-37-28-31-20(3)25(27(35)32-23-10-6-4-7-11-23)26(34(28)29)21-14-16-22(30)17-15-21;/h4-17,19,26,36H,18H2,1-3H3,(H,32,35);1H/p-1. The molecule has 2 unspecified atom stereocenters. The number of hydrogen-bond donors (Lipinski definition) is 2. The molecule has 1 saturated heterocycles. The molecular formula is C29H29Cl2N4O2S-. The number of amidine groups is 1. The van der Waals surface area contributed by atoms with Gasteiger partial charge in [-0.05, 0) is 62.7 Å². The molecule has 0 aliphatic carbocycles. The van der Waals surface area contributed by atoms with Gasteiger partial charge < -0.3 is 27.7 Å². The number of aliphatic hydroxyl groups is 1. The summed E-state index contributed by atoms with van der Waals surface area (Å²) in [5.74, 6) is -1.34. The van der Waals surface area contributed by atoms with Gasteiger partial charge in [-0.2, -0.15) is 0 Å². The normalized spacial score (nSPS) is 20.5. The molecule has 3 aromatic carbocycles. The van der Waals surface area contributed by atoms with Crippen molar-refractivity contribution in [3.8, 4) is 0 Å². The summed E-state index contributed by atoms with van der Waals surface area (Å²) in [7, 11) is 0. The lowest BCUT2D eigenvalue weighted by atomic mass is 9.92. The van der Waals surface area contributed by atoms with Crippen LogP contribution in [0.1, 0.15) is 32.4 Å². The number of para-hydroxylation sites is 2. The Kier molecular flexibility index (Phi) is 8.43. The molecule has 2 aliphatic rings. The molecule has 0 radical (unpaired) electrons. The van der Waals surface area contributed by atoms with E-state index in [9.17, 15) is 9.90 Å². The van der Waals surface area contributed by atoms with Crippen molar-refractivity contribution < 1.29 is 22.3 Å². The van der Waals surface area contributed by atoms with E-state index < -0.39 is 11.9 Å². The molecule has 5 rings (SSSR count). The van der Waals surface area contributed by atoms with Crippen LogP contribution in [-0.2, 0) is 4.79 Å². The highest BCUT2D eigenvalue weighted by molar-refractivity contribution is 8.14. The van der Waals surface area contributed by atoms with Gasteiger partial charge in [0.15, 0.2) is 5.17 Å². The van der Waals surface area contributed by atoms with Gasteiger partial charge in [0.05, 0.1) is 23.1 Å². The molecule has 2 atom stereocenters. The lowest BCUT2D eigenvalue weighted by Crippen LogP contribution is -3.00. The molecule has 9 heteroatoms. The molecule has 2 N–H and O–H groups in total. The van der Waals surface area contributed by atoms with E-state index in [1.165, 1.54) is 11.8 Å². The van der Waals surface area contributed by atoms with Gasteiger partial charge >= 0.3 is 0 Å². The highest BCUT2D eigenvalue weighted by Gasteiger charge is 2.55. The summed E-state index contributed by atoms with van der Waals surface area (Å²) in [5, 5.41) is 16.8. The number of nitrogens with zero attached hydrogens (tertiary/aromatic N) is 3. The number of anilines is 2. The van der Waals surface area contributed by atoms with Gasteiger partial charge in [-0.3, -0.25) is 9.69 Å². The third-order valence-electron chi connectivity index (χ3n) is 6.57. The van der Waals surface area contributed by atoms with Gasteiger partial charge in [0, 0.05) is 22.4 Å². The topological polar surface area (TPSA) is 68.2 Å². The number of halogens is 2. The van der Waals surface area contributed by atoms with Crippen molar-refractivity contribution >= 4 is 45.8 Å². The first-order chi connectivity index (χ1) is 17.8.